The third kappa shape index (κ3) is 1.95. The summed E-state index contributed by atoms with van der Waals surface area (Å²) in [5.74, 6) is 0.266. The Morgan fingerprint density at radius 2 is 2.28 bits per heavy atom. The molecule has 2 amide bonds. The van der Waals surface area contributed by atoms with Crippen LogP contribution >= 0.6 is 11.8 Å². The Kier molecular flexibility index (Phi) is 3.02. The normalized spacial score (nSPS) is 26.4. The summed E-state index contributed by atoms with van der Waals surface area (Å²) in [7, 11) is 0. The molecule has 2 aliphatic heterocycles. The van der Waals surface area contributed by atoms with Crippen molar-refractivity contribution in [1.29, 1.82) is 0 Å². The molecule has 1 fully saturated rings. The summed E-state index contributed by atoms with van der Waals surface area (Å²) in [5, 5.41) is 14.2. The third-order valence-corrected chi connectivity index (χ3v) is 3.72. The first-order valence-electron chi connectivity index (χ1n) is 5.45. The summed E-state index contributed by atoms with van der Waals surface area (Å²) in [5.41, 5.74) is 0.584. The lowest BCUT2D eigenvalue weighted by Crippen LogP contribution is -2.60. The zero-order chi connectivity index (χ0) is 13.6. The van der Waals surface area contributed by atoms with Crippen LogP contribution in [0.5, 0.6) is 0 Å². The zero-order valence-corrected chi connectivity index (χ0v) is 11.2. The van der Waals surface area contributed by atoms with Gasteiger partial charge in [0, 0.05) is 11.5 Å². The molecular formula is C10H15N3O4S. The van der Waals surface area contributed by atoms with Crippen LogP contribution in [-0.4, -0.2) is 50.6 Å². The van der Waals surface area contributed by atoms with Gasteiger partial charge in [0.2, 0.25) is 5.54 Å². The number of amides is 2. The fourth-order valence-electron chi connectivity index (χ4n) is 1.77. The van der Waals surface area contributed by atoms with Crippen molar-refractivity contribution in [1.82, 2.24) is 10.5 Å². The lowest BCUT2D eigenvalue weighted by Gasteiger charge is -2.32. The monoisotopic (exact) mass is 273 g/mol. The SMILES string of the molecule is CC(C)(C)OC(=O)N(O)C12CSCC1=NNC2=O. The van der Waals surface area contributed by atoms with Gasteiger partial charge in [0.15, 0.2) is 0 Å². The minimum absolute atomic E-state index is 0.271. The van der Waals surface area contributed by atoms with Crippen LogP contribution in [0.25, 0.3) is 0 Å². The van der Waals surface area contributed by atoms with E-state index < -0.39 is 23.1 Å². The highest BCUT2D eigenvalue weighted by Gasteiger charge is 2.58. The van der Waals surface area contributed by atoms with E-state index in [1.54, 1.807) is 20.8 Å². The van der Waals surface area contributed by atoms with Gasteiger partial charge in [-0.05, 0) is 20.8 Å². The molecule has 2 heterocycles. The number of carbonyl (C=O) groups is 2. The highest BCUT2D eigenvalue weighted by molar-refractivity contribution is 8.00. The van der Waals surface area contributed by atoms with E-state index in [9.17, 15) is 14.8 Å². The van der Waals surface area contributed by atoms with Crippen molar-refractivity contribution in [2.45, 2.75) is 31.9 Å². The number of hydrogen-bond acceptors (Lipinski definition) is 6. The van der Waals surface area contributed by atoms with Crippen LogP contribution in [0.2, 0.25) is 0 Å². The first kappa shape index (κ1) is 13.2. The third-order valence-electron chi connectivity index (χ3n) is 2.62. The van der Waals surface area contributed by atoms with Crippen molar-refractivity contribution < 1.29 is 19.5 Å². The fraction of sp³-hybridized carbons (Fsp3) is 0.700. The van der Waals surface area contributed by atoms with E-state index in [1.807, 2.05) is 0 Å². The van der Waals surface area contributed by atoms with Crippen LogP contribution in [0.3, 0.4) is 0 Å². The second-order valence-corrected chi connectivity index (χ2v) is 6.13. The number of carbonyl (C=O) groups excluding carboxylic acids is 2. The van der Waals surface area contributed by atoms with Crippen LogP contribution in [0.4, 0.5) is 4.79 Å². The second kappa shape index (κ2) is 4.13. The fourth-order valence-corrected chi connectivity index (χ4v) is 3.08. The smallest absolute Gasteiger partial charge is 0.435 e. The van der Waals surface area contributed by atoms with E-state index in [0.717, 1.165) is 0 Å². The molecule has 18 heavy (non-hydrogen) atoms. The molecule has 0 saturated carbocycles. The van der Waals surface area contributed by atoms with Gasteiger partial charge in [-0.25, -0.2) is 10.2 Å². The molecule has 0 aromatic rings. The standard InChI is InChI=1S/C10H15N3O4S/c1-9(2,3)17-8(15)13(16)10-5-18-4-6(10)11-12-7(10)14/h16H,4-5H2,1-3H3,(H,12,14). The number of ether oxygens (including phenoxy) is 1. The van der Waals surface area contributed by atoms with Gasteiger partial charge in [0.05, 0.1) is 5.71 Å². The molecule has 0 aromatic heterocycles. The summed E-state index contributed by atoms with van der Waals surface area (Å²) in [6.45, 7) is 5.05. The number of hydrogen-bond donors (Lipinski definition) is 2. The Labute approximate surface area is 108 Å². The van der Waals surface area contributed by atoms with Crippen molar-refractivity contribution in [2.75, 3.05) is 11.5 Å². The van der Waals surface area contributed by atoms with Crippen LogP contribution in [0.1, 0.15) is 20.8 Å². The topological polar surface area (TPSA) is 91.2 Å². The molecule has 100 valence electrons. The highest BCUT2D eigenvalue weighted by atomic mass is 32.2. The van der Waals surface area contributed by atoms with Crippen molar-refractivity contribution in [3.63, 3.8) is 0 Å². The summed E-state index contributed by atoms with van der Waals surface area (Å²) in [6.07, 6.45) is -0.949. The quantitative estimate of drug-likeness (QED) is 0.539. The van der Waals surface area contributed by atoms with E-state index in [4.69, 9.17) is 4.74 Å². The average Bonchev–Trinajstić information content (AvgIpc) is 2.77. The van der Waals surface area contributed by atoms with Crippen LogP contribution in [-0.2, 0) is 9.53 Å². The summed E-state index contributed by atoms with van der Waals surface area (Å²) >= 11 is 1.43. The predicted molar refractivity (Wildman–Crippen MR) is 65.5 cm³/mol. The van der Waals surface area contributed by atoms with Crippen LogP contribution in [0.15, 0.2) is 5.10 Å². The van der Waals surface area contributed by atoms with Gasteiger partial charge in [-0.15, -0.1) is 0 Å². The maximum Gasteiger partial charge on any atom is 0.435 e. The van der Waals surface area contributed by atoms with E-state index in [-0.39, 0.29) is 5.75 Å². The van der Waals surface area contributed by atoms with Gasteiger partial charge in [-0.2, -0.15) is 21.9 Å². The largest absolute Gasteiger partial charge is 0.442 e. The molecule has 2 rings (SSSR count). The number of hydroxylamine groups is 2. The summed E-state index contributed by atoms with van der Waals surface area (Å²) in [6, 6.07) is 0. The average molecular weight is 273 g/mol. The number of rotatable bonds is 1. The Bertz CT molecular complexity index is 431. The summed E-state index contributed by atoms with van der Waals surface area (Å²) < 4.78 is 5.06. The van der Waals surface area contributed by atoms with Gasteiger partial charge in [-0.1, -0.05) is 0 Å². The number of fused-ring (bicyclic) bond motifs is 1. The van der Waals surface area contributed by atoms with Crippen LogP contribution in [0, 0.1) is 0 Å². The van der Waals surface area contributed by atoms with Crippen LogP contribution < -0.4 is 5.43 Å². The molecule has 2 N–H and O–H groups in total. The molecule has 2 aliphatic rings. The maximum atomic E-state index is 11.8. The Morgan fingerprint density at radius 3 is 2.89 bits per heavy atom. The highest BCUT2D eigenvalue weighted by Crippen LogP contribution is 2.34. The molecule has 1 atom stereocenters. The van der Waals surface area contributed by atoms with Crippen molar-refractivity contribution in [3.8, 4) is 0 Å². The molecule has 8 heteroatoms. The Hall–Kier alpha value is -1.28. The minimum atomic E-state index is -1.41. The number of hydrazone groups is 1. The van der Waals surface area contributed by atoms with E-state index in [0.29, 0.717) is 16.5 Å². The molecule has 0 aliphatic carbocycles. The van der Waals surface area contributed by atoms with Gasteiger partial charge >= 0.3 is 6.09 Å². The van der Waals surface area contributed by atoms with E-state index in [2.05, 4.69) is 10.5 Å². The van der Waals surface area contributed by atoms with Crippen molar-refractivity contribution >= 4 is 29.5 Å². The molecule has 1 saturated heterocycles. The molecule has 0 bridgehead atoms. The first-order chi connectivity index (χ1) is 8.27. The minimum Gasteiger partial charge on any atom is -0.442 e. The van der Waals surface area contributed by atoms with Gasteiger partial charge < -0.3 is 4.74 Å². The molecule has 0 radical (unpaired) electrons. The van der Waals surface area contributed by atoms with Gasteiger partial charge in [-0.3, -0.25) is 10.0 Å². The Morgan fingerprint density at radius 1 is 1.61 bits per heavy atom. The van der Waals surface area contributed by atoms with E-state index in [1.165, 1.54) is 11.8 Å². The predicted octanol–water partition coefficient (Wildman–Crippen LogP) is 0.584. The number of nitrogens with one attached hydrogen (secondary N) is 1. The second-order valence-electron chi connectivity index (χ2n) is 5.14. The zero-order valence-electron chi connectivity index (χ0n) is 10.4. The van der Waals surface area contributed by atoms with Crippen molar-refractivity contribution in [2.24, 2.45) is 5.10 Å². The molecule has 7 nitrogen and oxygen atoms in total. The molecule has 0 spiro atoms. The molecule has 1 unspecified atom stereocenters. The van der Waals surface area contributed by atoms with Crippen molar-refractivity contribution in [3.05, 3.63) is 0 Å². The number of thioether (sulfide) groups is 1. The molecular weight excluding hydrogens is 258 g/mol. The van der Waals surface area contributed by atoms with Gasteiger partial charge in [0.1, 0.15) is 5.60 Å². The Balaban J connectivity index is 2.22. The first-order valence-corrected chi connectivity index (χ1v) is 6.60. The summed E-state index contributed by atoms with van der Waals surface area (Å²) in [4.78, 5) is 23.7. The number of nitrogens with zero attached hydrogens (tertiary/aromatic N) is 2. The maximum absolute atomic E-state index is 11.8. The molecule has 0 aromatic carbocycles. The lowest BCUT2D eigenvalue weighted by atomic mass is 9.97. The van der Waals surface area contributed by atoms with E-state index >= 15 is 0 Å². The lowest BCUT2D eigenvalue weighted by molar-refractivity contribution is -0.154. The van der Waals surface area contributed by atoms with Gasteiger partial charge in [0.25, 0.3) is 5.91 Å².